The van der Waals surface area contributed by atoms with Crippen LogP contribution < -0.4 is 0 Å². The van der Waals surface area contributed by atoms with E-state index >= 15 is 0 Å². The van der Waals surface area contributed by atoms with E-state index in [4.69, 9.17) is 9.47 Å². The van der Waals surface area contributed by atoms with Crippen molar-refractivity contribution in [2.45, 2.75) is 57.2 Å². The van der Waals surface area contributed by atoms with Gasteiger partial charge in [-0.25, -0.2) is 9.59 Å². The molecule has 0 aromatic carbocycles. The predicted octanol–water partition coefficient (Wildman–Crippen LogP) is 3.52. The zero-order chi connectivity index (χ0) is 17.5. The van der Waals surface area contributed by atoms with Crippen LogP contribution in [0.3, 0.4) is 0 Å². The highest BCUT2D eigenvalue weighted by Gasteiger charge is 2.57. The number of ether oxygens (including phenoxy) is 2. The van der Waals surface area contributed by atoms with Crippen molar-refractivity contribution < 1.29 is 19.1 Å². The molecule has 136 valence electrons. The van der Waals surface area contributed by atoms with Crippen molar-refractivity contribution in [3.8, 4) is 0 Å². The van der Waals surface area contributed by atoms with Crippen LogP contribution in [0.4, 0.5) is 0 Å². The zero-order valence-corrected chi connectivity index (χ0v) is 16.7. The lowest BCUT2D eigenvalue weighted by Crippen LogP contribution is -2.67. The van der Waals surface area contributed by atoms with E-state index in [1.54, 1.807) is 12.1 Å². The number of methoxy groups -OCH3 is 1. The van der Waals surface area contributed by atoms with Crippen molar-refractivity contribution in [3.63, 3.8) is 0 Å². The van der Waals surface area contributed by atoms with E-state index in [0.29, 0.717) is 17.7 Å². The third-order valence-corrected chi connectivity index (χ3v) is 5.67. The highest BCUT2D eigenvalue weighted by Crippen LogP contribution is 2.45. The summed E-state index contributed by atoms with van der Waals surface area (Å²) in [5.41, 5.74) is -1.90. The highest BCUT2D eigenvalue weighted by molar-refractivity contribution is 7.11. The average Bonchev–Trinajstić information content (AvgIpc) is 2.97. The van der Waals surface area contributed by atoms with Crippen molar-refractivity contribution in [1.82, 2.24) is 4.90 Å². The highest BCUT2D eigenvalue weighted by atomic mass is 35.5. The standard InChI is InChI=1S/C17H25NO4S.ClH/c1-15(2)10-17(14(20)21-6,11-16(3,4)18(15)5)22-13(19)12-8-7-9-23-12;/h7-9H,10-11H2,1-6H3;1H. The monoisotopic (exact) mass is 375 g/mol. The number of nitrogens with zero attached hydrogens (tertiary/aromatic N) is 1. The summed E-state index contributed by atoms with van der Waals surface area (Å²) >= 11 is 1.30. The molecule has 0 bridgehead atoms. The van der Waals surface area contributed by atoms with Crippen LogP contribution in [0.5, 0.6) is 0 Å². The predicted molar refractivity (Wildman–Crippen MR) is 96.9 cm³/mol. The van der Waals surface area contributed by atoms with E-state index in [1.165, 1.54) is 18.4 Å². The third kappa shape index (κ3) is 3.76. The molecule has 0 aliphatic carbocycles. The summed E-state index contributed by atoms with van der Waals surface area (Å²) in [6.07, 6.45) is 0.785. The first-order valence-electron chi connectivity index (χ1n) is 7.63. The third-order valence-electron chi connectivity index (χ3n) is 4.82. The molecule has 1 aromatic rings. The Labute approximate surface area is 153 Å². The van der Waals surface area contributed by atoms with E-state index in [-0.39, 0.29) is 23.5 Å². The van der Waals surface area contributed by atoms with Gasteiger partial charge in [0.05, 0.1) is 7.11 Å². The summed E-state index contributed by atoms with van der Waals surface area (Å²) in [4.78, 5) is 27.7. The van der Waals surface area contributed by atoms with E-state index in [2.05, 4.69) is 4.90 Å². The Morgan fingerprint density at radius 1 is 1.17 bits per heavy atom. The van der Waals surface area contributed by atoms with Crippen LogP contribution in [0.1, 0.15) is 50.2 Å². The van der Waals surface area contributed by atoms with Gasteiger partial charge in [0, 0.05) is 23.9 Å². The van der Waals surface area contributed by atoms with Crippen LogP contribution in [0, 0.1) is 0 Å². The SMILES string of the molecule is COC(=O)C1(OC(=O)c2cccs2)CC(C)(C)N(C)C(C)(C)C1.Cl. The zero-order valence-electron chi connectivity index (χ0n) is 15.0. The fraction of sp³-hybridized carbons (Fsp3) is 0.647. The molecular weight excluding hydrogens is 350 g/mol. The number of halogens is 1. The topological polar surface area (TPSA) is 55.8 Å². The summed E-state index contributed by atoms with van der Waals surface area (Å²) in [5, 5.41) is 1.81. The number of carbonyl (C=O) groups excluding carboxylic acids is 2. The van der Waals surface area contributed by atoms with Gasteiger partial charge < -0.3 is 9.47 Å². The Morgan fingerprint density at radius 2 is 1.71 bits per heavy atom. The first kappa shape index (κ1) is 20.9. The largest absolute Gasteiger partial charge is 0.466 e. The molecule has 1 aliphatic rings. The number of thiophene rings is 1. The second kappa shape index (κ2) is 7.02. The average molecular weight is 376 g/mol. The first-order valence-corrected chi connectivity index (χ1v) is 8.51. The minimum atomic E-state index is -1.27. The van der Waals surface area contributed by atoms with Crippen LogP contribution in [-0.4, -0.2) is 47.7 Å². The van der Waals surface area contributed by atoms with Crippen LogP contribution in [0.2, 0.25) is 0 Å². The lowest BCUT2D eigenvalue weighted by Gasteiger charge is -2.56. The van der Waals surface area contributed by atoms with Crippen LogP contribution in [0.25, 0.3) is 0 Å². The Bertz CT molecular complexity index is 580. The molecule has 1 fully saturated rings. The van der Waals surface area contributed by atoms with Crippen molar-refractivity contribution in [1.29, 1.82) is 0 Å². The first-order chi connectivity index (χ1) is 10.5. The molecule has 2 rings (SSSR count). The van der Waals surface area contributed by atoms with E-state index in [1.807, 2.05) is 40.1 Å². The van der Waals surface area contributed by atoms with Crippen molar-refractivity contribution >= 4 is 35.7 Å². The molecule has 0 unspecified atom stereocenters. The van der Waals surface area contributed by atoms with Crippen LogP contribution in [-0.2, 0) is 14.3 Å². The summed E-state index contributed by atoms with van der Waals surface area (Å²) in [6.45, 7) is 8.18. The van der Waals surface area contributed by atoms with Crippen molar-refractivity contribution in [2.75, 3.05) is 14.2 Å². The molecule has 1 aliphatic heterocycles. The minimum absolute atomic E-state index is 0. The molecule has 0 amide bonds. The van der Waals surface area contributed by atoms with E-state index in [0.717, 1.165) is 0 Å². The van der Waals surface area contributed by atoms with Gasteiger partial charge in [0.1, 0.15) is 4.88 Å². The van der Waals surface area contributed by atoms with Crippen LogP contribution >= 0.6 is 23.7 Å². The van der Waals surface area contributed by atoms with Gasteiger partial charge >= 0.3 is 11.9 Å². The molecular formula is C17H26ClNO4S. The van der Waals surface area contributed by atoms with Gasteiger partial charge in [0.2, 0.25) is 5.60 Å². The van der Waals surface area contributed by atoms with Gasteiger partial charge in [-0.3, -0.25) is 4.90 Å². The molecule has 2 heterocycles. The number of hydrogen-bond donors (Lipinski definition) is 0. The quantitative estimate of drug-likeness (QED) is 0.756. The Hall–Kier alpha value is -1.11. The molecule has 5 nitrogen and oxygen atoms in total. The summed E-state index contributed by atoms with van der Waals surface area (Å²) in [5.74, 6) is -0.960. The smallest absolute Gasteiger partial charge is 0.350 e. The molecule has 0 spiro atoms. The van der Waals surface area contributed by atoms with E-state index < -0.39 is 17.5 Å². The number of piperidine rings is 1. The van der Waals surface area contributed by atoms with Gasteiger partial charge in [-0.05, 0) is 46.2 Å². The molecule has 1 aromatic heterocycles. The fourth-order valence-electron chi connectivity index (χ4n) is 3.58. The Morgan fingerprint density at radius 3 is 2.12 bits per heavy atom. The summed E-state index contributed by atoms with van der Waals surface area (Å²) < 4.78 is 10.8. The Balaban J connectivity index is 0.00000288. The number of carbonyl (C=O) groups is 2. The molecule has 7 heteroatoms. The van der Waals surface area contributed by atoms with Gasteiger partial charge in [0.25, 0.3) is 0 Å². The normalized spacial score (nSPS) is 21.4. The molecule has 0 saturated carbocycles. The second-order valence-electron chi connectivity index (χ2n) is 7.39. The molecule has 1 saturated heterocycles. The number of likely N-dealkylation sites (tertiary alicyclic amines) is 1. The number of esters is 2. The molecule has 0 radical (unpaired) electrons. The molecule has 24 heavy (non-hydrogen) atoms. The van der Waals surface area contributed by atoms with Crippen molar-refractivity contribution in [3.05, 3.63) is 22.4 Å². The van der Waals surface area contributed by atoms with Crippen molar-refractivity contribution in [2.24, 2.45) is 0 Å². The van der Waals surface area contributed by atoms with Gasteiger partial charge in [-0.15, -0.1) is 23.7 Å². The van der Waals surface area contributed by atoms with E-state index in [9.17, 15) is 9.59 Å². The number of rotatable bonds is 3. The van der Waals surface area contributed by atoms with Crippen LogP contribution in [0.15, 0.2) is 17.5 Å². The maximum Gasteiger partial charge on any atom is 0.350 e. The summed E-state index contributed by atoms with van der Waals surface area (Å²) in [7, 11) is 3.36. The van der Waals surface area contributed by atoms with Gasteiger partial charge in [-0.1, -0.05) is 6.07 Å². The van der Waals surface area contributed by atoms with Gasteiger partial charge in [-0.2, -0.15) is 0 Å². The lowest BCUT2D eigenvalue weighted by molar-refractivity contribution is -0.184. The van der Waals surface area contributed by atoms with Gasteiger partial charge in [0.15, 0.2) is 0 Å². The second-order valence-corrected chi connectivity index (χ2v) is 8.34. The molecule has 0 atom stereocenters. The summed E-state index contributed by atoms with van der Waals surface area (Å²) in [6, 6.07) is 3.48. The maximum atomic E-state index is 12.6. The fourth-order valence-corrected chi connectivity index (χ4v) is 4.18. The maximum absolute atomic E-state index is 12.6. The number of hydrogen-bond acceptors (Lipinski definition) is 6. The Kier molecular flexibility index (Phi) is 6.12. The minimum Gasteiger partial charge on any atom is -0.466 e. The lowest BCUT2D eigenvalue weighted by atomic mass is 9.71. The molecule has 0 N–H and O–H groups in total.